The van der Waals surface area contributed by atoms with Crippen molar-refractivity contribution in [2.45, 2.75) is 38.9 Å². The van der Waals surface area contributed by atoms with Crippen LogP contribution in [0.5, 0.6) is 0 Å². The van der Waals surface area contributed by atoms with Crippen LogP contribution in [0, 0.1) is 0 Å². The molecule has 0 amide bonds. The Morgan fingerprint density at radius 2 is 0.865 bits per heavy atom. The van der Waals surface area contributed by atoms with E-state index in [0.717, 1.165) is 60.8 Å². The minimum Gasteiger partial charge on any atom is -0.456 e. The zero-order chi connectivity index (χ0) is 35.5. The average molecular weight is 678 g/mol. The molecule has 0 N–H and O–H groups in total. The summed E-state index contributed by atoms with van der Waals surface area (Å²) >= 11 is 0. The second-order valence-electron chi connectivity index (χ2n) is 14.3. The lowest BCUT2D eigenvalue weighted by atomic mass is 9.78. The lowest BCUT2D eigenvalue weighted by molar-refractivity contribution is 0.00578. The summed E-state index contributed by atoms with van der Waals surface area (Å²) in [6.45, 7) is 8.24. The fourth-order valence-electron chi connectivity index (χ4n) is 6.87. The molecule has 52 heavy (non-hydrogen) atoms. The molecule has 0 atom stereocenters. The van der Waals surface area contributed by atoms with Gasteiger partial charge >= 0.3 is 7.12 Å². The third kappa shape index (κ3) is 5.59. The fourth-order valence-corrected chi connectivity index (χ4v) is 6.87. The molecule has 1 aliphatic heterocycles. The van der Waals surface area contributed by atoms with Crippen LogP contribution in [0.15, 0.2) is 150 Å². The summed E-state index contributed by atoms with van der Waals surface area (Å²) in [6.07, 6.45) is 0. The molecular formula is C45H36BN3O3. The van der Waals surface area contributed by atoms with Crippen molar-refractivity contribution in [3.8, 4) is 56.4 Å². The number of hydrogen-bond acceptors (Lipinski definition) is 6. The van der Waals surface area contributed by atoms with Crippen LogP contribution in [0.25, 0.3) is 78.4 Å². The number of nitrogens with zero attached hydrogens (tertiary/aromatic N) is 3. The number of aromatic nitrogens is 3. The van der Waals surface area contributed by atoms with Crippen molar-refractivity contribution >= 4 is 34.5 Å². The maximum atomic E-state index is 6.80. The maximum absolute atomic E-state index is 6.80. The van der Waals surface area contributed by atoms with Crippen LogP contribution < -0.4 is 5.46 Å². The van der Waals surface area contributed by atoms with Crippen molar-refractivity contribution in [1.82, 2.24) is 15.0 Å². The lowest BCUT2D eigenvalue weighted by Gasteiger charge is -2.32. The molecule has 7 heteroatoms. The standard InChI is InChI=1S/C45H36BN3O3/c1-44(2)45(3,4)52-46(51-44)38-26-14-24-36-35-23-13-25-37(39(35)50-40(36)38)43-48-41(33-21-11-19-31(27-33)29-15-7-5-8-16-29)47-42(49-43)34-22-12-20-32(28-34)30-17-9-6-10-18-30/h5-28H,1-4H3. The molecule has 0 spiro atoms. The number of benzene rings is 6. The Morgan fingerprint density at radius 3 is 1.42 bits per heavy atom. The highest BCUT2D eigenvalue weighted by Crippen LogP contribution is 2.40. The zero-order valence-electron chi connectivity index (χ0n) is 29.5. The second kappa shape index (κ2) is 12.4. The van der Waals surface area contributed by atoms with Gasteiger partial charge in [0.15, 0.2) is 17.5 Å². The first-order valence-electron chi connectivity index (χ1n) is 17.6. The van der Waals surface area contributed by atoms with E-state index < -0.39 is 18.3 Å². The van der Waals surface area contributed by atoms with Crippen molar-refractivity contribution in [3.05, 3.63) is 146 Å². The number of rotatable bonds is 6. The van der Waals surface area contributed by atoms with E-state index in [4.69, 9.17) is 28.7 Å². The van der Waals surface area contributed by atoms with E-state index in [1.54, 1.807) is 0 Å². The summed E-state index contributed by atoms with van der Waals surface area (Å²) in [5.74, 6) is 1.68. The van der Waals surface area contributed by atoms with Gasteiger partial charge < -0.3 is 13.7 Å². The predicted octanol–water partition coefficient (Wildman–Crippen LogP) is 10.4. The van der Waals surface area contributed by atoms with Gasteiger partial charge in [0.25, 0.3) is 0 Å². The van der Waals surface area contributed by atoms with Crippen LogP contribution in [0.4, 0.5) is 0 Å². The van der Waals surface area contributed by atoms with E-state index >= 15 is 0 Å². The highest BCUT2D eigenvalue weighted by atomic mass is 16.7. The molecule has 0 aliphatic carbocycles. The van der Waals surface area contributed by atoms with Crippen LogP contribution in [0.1, 0.15) is 27.7 Å². The van der Waals surface area contributed by atoms with Gasteiger partial charge in [0.05, 0.1) is 16.8 Å². The second-order valence-corrected chi connectivity index (χ2v) is 14.3. The molecule has 3 heterocycles. The van der Waals surface area contributed by atoms with Gasteiger partial charge in [-0.1, -0.05) is 127 Å². The minimum atomic E-state index is -0.568. The maximum Gasteiger partial charge on any atom is 0.498 e. The molecule has 8 aromatic rings. The van der Waals surface area contributed by atoms with E-state index in [1.807, 2.05) is 84.9 Å². The Hall–Kier alpha value is -5.89. The normalized spacial score (nSPS) is 15.0. The van der Waals surface area contributed by atoms with Crippen molar-refractivity contribution in [1.29, 1.82) is 0 Å². The molecule has 0 radical (unpaired) electrons. The molecular weight excluding hydrogens is 641 g/mol. The molecule has 6 aromatic carbocycles. The highest BCUT2D eigenvalue weighted by molar-refractivity contribution is 6.65. The van der Waals surface area contributed by atoms with Gasteiger partial charge in [0.1, 0.15) is 11.2 Å². The Morgan fingerprint density at radius 1 is 0.423 bits per heavy atom. The van der Waals surface area contributed by atoms with Crippen LogP contribution in [0.3, 0.4) is 0 Å². The molecule has 0 saturated carbocycles. The summed E-state index contributed by atoms with van der Waals surface area (Å²) in [7, 11) is -0.568. The Kier molecular flexibility index (Phi) is 7.65. The Balaban J connectivity index is 1.23. The van der Waals surface area contributed by atoms with Crippen LogP contribution >= 0.6 is 0 Å². The SMILES string of the molecule is CC1(C)OB(c2cccc3c2oc2c(-c4nc(-c5cccc(-c6ccccc6)c5)nc(-c5cccc(-c6ccccc6)c5)n4)cccc23)OC1(C)C. The molecule has 6 nitrogen and oxygen atoms in total. The first kappa shape index (κ1) is 32.1. The van der Waals surface area contributed by atoms with Crippen LogP contribution in [-0.4, -0.2) is 33.3 Å². The van der Waals surface area contributed by atoms with Crippen molar-refractivity contribution in [2.24, 2.45) is 0 Å². The van der Waals surface area contributed by atoms with Gasteiger partial charge in [-0.15, -0.1) is 0 Å². The molecule has 1 aliphatic rings. The van der Waals surface area contributed by atoms with Gasteiger partial charge in [0, 0.05) is 27.4 Å². The van der Waals surface area contributed by atoms with Crippen molar-refractivity contribution in [3.63, 3.8) is 0 Å². The molecule has 252 valence electrons. The highest BCUT2D eigenvalue weighted by Gasteiger charge is 2.52. The largest absolute Gasteiger partial charge is 0.498 e. The van der Waals surface area contributed by atoms with Crippen LogP contribution in [-0.2, 0) is 9.31 Å². The number of furan rings is 1. The predicted molar refractivity (Wildman–Crippen MR) is 210 cm³/mol. The summed E-state index contributed by atoms with van der Waals surface area (Å²) in [6, 6.07) is 49.6. The average Bonchev–Trinajstić information content (AvgIpc) is 3.67. The van der Waals surface area contributed by atoms with E-state index in [-0.39, 0.29) is 0 Å². The van der Waals surface area contributed by atoms with E-state index in [1.165, 1.54) is 0 Å². The first-order chi connectivity index (χ1) is 25.2. The van der Waals surface area contributed by atoms with Gasteiger partial charge in [0.2, 0.25) is 0 Å². The third-order valence-corrected chi connectivity index (χ3v) is 10.4. The molecule has 0 bridgehead atoms. The third-order valence-electron chi connectivity index (χ3n) is 10.4. The molecule has 9 rings (SSSR count). The van der Waals surface area contributed by atoms with E-state index in [0.29, 0.717) is 23.1 Å². The number of hydrogen-bond donors (Lipinski definition) is 0. The molecule has 2 aromatic heterocycles. The van der Waals surface area contributed by atoms with Gasteiger partial charge in [-0.3, -0.25) is 0 Å². The minimum absolute atomic E-state index is 0.482. The van der Waals surface area contributed by atoms with Gasteiger partial charge in [-0.05, 0) is 68.1 Å². The van der Waals surface area contributed by atoms with E-state index in [9.17, 15) is 0 Å². The molecule has 1 fully saturated rings. The molecule has 0 unspecified atom stereocenters. The Labute approximate surface area is 303 Å². The summed E-state index contributed by atoms with van der Waals surface area (Å²) in [5.41, 5.74) is 8.29. The van der Waals surface area contributed by atoms with Crippen LogP contribution in [0.2, 0.25) is 0 Å². The quantitative estimate of drug-likeness (QED) is 0.163. The fraction of sp³-hybridized carbons (Fsp3) is 0.133. The lowest BCUT2D eigenvalue weighted by Crippen LogP contribution is -2.41. The smallest absolute Gasteiger partial charge is 0.456 e. The summed E-state index contributed by atoms with van der Waals surface area (Å²) in [5, 5.41) is 1.94. The summed E-state index contributed by atoms with van der Waals surface area (Å²) < 4.78 is 19.7. The van der Waals surface area contributed by atoms with E-state index in [2.05, 4.69) is 88.4 Å². The Bertz CT molecular complexity index is 2480. The number of para-hydroxylation sites is 2. The first-order valence-corrected chi connectivity index (χ1v) is 17.6. The number of fused-ring (bicyclic) bond motifs is 3. The zero-order valence-corrected chi connectivity index (χ0v) is 29.5. The molecule has 1 saturated heterocycles. The van der Waals surface area contributed by atoms with Gasteiger partial charge in [-0.25, -0.2) is 15.0 Å². The summed E-state index contributed by atoms with van der Waals surface area (Å²) in [4.78, 5) is 15.4. The topological polar surface area (TPSA) is 70.3 Å². The monoisotopic (exact) mass is 677 g/mol. The van der Waals surface area contributed by atoms with Gasteiger partial charge in [-0.2, -0.15) is 0 Å². The van der Waals surface area contributed by atoms with Crippen molar-refractivity contribution < 1.29 is 13.7 Å². The van der Waals surface area contributed by atoms with Crippen molar-refractivity contribution in [2.75, 3.05) is 0 Å².